The SMILES string of the molecule is CC(C)n1ccn(C2CCC(O)CC2)c1=O. The van der Waals surface area contributed by atoms with Gasteiger partial charge in [-0.1, -0.05) is 0 Å². The van der Waals surface area contributed by atoms with Crippen molar-refractivity contribution in [1.82, 2.24) is 9.13 Å². The second-order valence-corrected chi connectivity index (χ2v) is 4.95. The van der Waals surface area contributed by atoms with E-state index >= 15 is 0 Å². The van der Waals surface area contributed by atoms with Crippen molar-refractivity contribution in [3.8, 4) is 0 Å². The fourth-order valence-electron chi connectivity index (χ4n) is 2.41. The fraction of sp³-hybridized carbons (Fsp3) is 0.750. The Morgan fingerprint density at radius 1 is 1.25 bits per heavy atom. The molecule has 4 heteroatoms. The molecule has 4 nitrogen and oxygen atoms in total. The third-order valence-electron chi connectivity index (χ3n) is 3.45. The highest BCUT2D eigenvalue weighted by molar-refractivity contribution is 4.89. The normalized spacial score (nSPS) is 26.2. The zero-order chi connectivity index (χ0) is 11.7. The predicted octanol–water partition coefficient (Wildman–Crippen LogP) is 1.71. The van der Waals surface area contributed by atoms with E-state index in [4.69, 9.17) is 0 Å². The molecule has 0 radical (unpaired) electrons. The first kappa shape index (κ1) is 11.5. The smallest absolute Gasteiger partial charge is 0.328 e. The average molecular weight is 224 g/mol. The number of aliphatic hydroxyl groups is 1. The van der Waals surface area contributed by atoms with Crippen molar-refractivity contribution in [3.63, 3.8) is 0 Å². The molecule has 1 N–H and O–H groups in total. The molecule has 1 aromatic heterocycles. The van der Waals surface area contributed by atoms with Crippen LogP contribution in [0.4, 0.5) is 0 Å². The molecule has 0 saturated heterocycles. The van der Waals surface area contributed by atoms with Crippen LogP contribution in [0.25, 0.3) is 0 Å². The highest BCUT2D eigenvalue weighted by Crippen LogP contribution is 2.27. The Hall–Kier alpha value is -1.03. The molecule has 1 fully saturated rings. The first-order valence-electron chi connectivity index (χ1n) is 6.06. The minimum absolute atomic E-state index is 0.0800. The summed E-state index contributed by atoms with van der Waals surface area (Å²) in [5.74, 6) is 0. The first-order chi connectivity index (χ1) is 7.59. The highest BCUT2D eigenvalue weighted by atomic mass is 16.3. The van der Waals surface area contributed by atoms with E-state index in [1.54, 1.807) is 4.57 Å². The number of nitrogens with zero attached hydrogens (tertiary/aromatic N) is 2. The Morgan fingerprint density at radius 2 is 1.88 bits per heavy atom. The van der Waals surface area contributed by atoms with Crippen LogP contribution in [0, 0.1) is 0 Å². The Bertz CT molecular complexity index is 397. The lowest BCUT2D eigenvalue weighted by Crippen LogP contribution is -2.31. The van der Waals surface area contributed by atoms with Crippen LogP contribution in [-0.2, 0) is 0 Å². The molecule has 0 bridgehead atoms. The lowest BCUT2D eigenvalue weighted by Gasteiger charge is -2.25. The van der Waals surface area contributed by atoms with Crippen LogP contribution in [0.15, 0.2) is 17.2 Å². The number of hydrogen-bond donors (Lipinski definition) is 1. The zero-order valence-electron chi connectivity index (χ0n) is 9.97. The van der Waals surface area contributed by atoms with E-state index in [1.807, 2.05) is 30.8 Å². The Kier molecular flexibility index (Phi) is 3.19. The number of imidazole rings is 1. The maximum atomic E-state index is 12.1. The molecule has 90 valence electrons. The quantitative estimate of drug-likeness (QED) is 0.831. The molecular weight excluding hydrogens is 204 g/mol. The second-order valence-electron chi connectivity index (χ2n) is 4.95. The van der Waals surface area contributed by atoms with Gasteiger partial charge in [-0.05, 0) is 39.5 Å². The summed E-state index contributed by atoms with van der Waals surface area (Å²) in [6, 6.07) is 0.485. The van der Waals surface area contributed by atoms with Gasteiger partial charge in [0.25, 0.3) is 0 Å². The van der Waals surface area contributed by atoms with Gasteiger partial charge in [0, 0.05) is 24.5 Å². The van der Waals surface area contributed by atoms with Crippen molar-refractivity contribution in [2.75, 3.05) is 0 Å². The van der Waals surface area contributed by atoms with E-state index < -0.39 is 0 Å². The lowest BCUT2D eigenvalue weighted by atomic mass is 9.93. The molecule has 0 atom stereocenters. The summed E-state index contributed by atoms with van der Waals surface area (Å²) in [6.45, 7) is 4.02. The Balaban J connectivity index is 2.18. The van der Waals surface area contributed by atoms with Crippen molar-refractivity contribution >= 4 is 0 Å². The van der Waals surface area contributed by atoms with E-state index in [0.717, 1.165) is 25.7 Å². The average Bonchev–Trinajstić information content (AvgIpc) is 2.61. The van der Waals surface area contributed by atoms with E-state index in [-0.39, 0.29) is 23.9 Å². The lowest BCUT2D eigenvalue weighted by molar-refractivity contribution is 0.110. The Morgan fingerprint density at radius 3 is 2.38 bits per heavy atom. The molecule has 0 unspecified atom stereocenters. The highest BCUT2D eigenvalue weighted by Gasteiger charge is 2.22. The van der Waals surface area contributed by atoms with E-state index in [2.05, 4.69) is 0 Å². The van der Waals surface area contributed by atoms with Crippen LogP contribution in [0.3, 0.4) is 0 Å². The summed E-state index contributed by atoms with van der Waals surface area (Å²) < 4.78 is 3.58. The number of hydrogen-bond acceptors (Lipinski definition) is 2. The standard InChI is InChI=1S/C12H20N2O2/c1-9(2)13-7-8-14(12(13)16)10-3-5-11(15)6-4-10/h7-11,15H,3-6H2,1-2H3. The molecule has 1 aromatic rings. The molecule has 0 aliphatic heterocycles. The Labute approximate surface area is 95.5 Å². The van der Waals surface area contributed by atoms with Crippen LogP contribution in [0.1, 0.15) is 51.6 Å². The van der Waals surface area contributed by atoms with Gasteiger partial charge in [-0.15, -0.1) is 0 Å². The topological polar surface area (TPSA) is 47.2 Å². The van der Waals surface area contributed by atoms with Crippen LogP contribution >= 0.6 is 0 Å². The fourth-order valence-corrected chi connectivity index (χ4v) is 2.41. The largest absolute Gasteiger partial charge is 0.393 e. The minimum atomic E-state index is -0.167. The summed E-state index contributed by atoms with van der Waals surface area (Å²) in [5, 5.41) is 9.44. The van der Waals surface area contributed by atoms with Crippen molar-refractivity contribution in [3.05, 3.63) is 22.9 Å². The molecule has 1 aliphatic carbocycles. The van der Waals surface area contributed by atoms with Crippen LogP contribution in [0.2, 0.25) is 0 Å². The molecule has 16 heavy (non-hydrogen) atoms. The summed E-state index contributed by atoms with van der Waals surface area (Å²) in [6.07, 6.45) is 7.00. The number of aromatic nitrogens is 2. The van der Waals surface area contributed by atoms with Crippen molar-refractivity contribution in [2.45, 2.75) is 57.7 Å². The molecule has 1 aliphatic rings. The third-order valence-corrected chi connectivity index (χ3v) is 3.45. The molecular formula is C12H20N2O2. The van der Waals surface area contributed by atoms with Crippen LogP contribution in [-0.4, -0.2) is 20.3 Å². The zero-order valence-corrected chi connectivity index (χ0v) is 9.97. The van der Waals surface area contributed by atoms with E-state index in [1.165, 1.54) is 0 Å². The number of rotatable bonds is 2. The van der Waals surface area contributed by atoms with Crippen molar-refractivity contribution in [1.29, 1.82) is 0 Å². The minimum Gasteiger partial charge on any atom is -0.393 e. The third kappa shape index (κ3) is 2.07. The summed E-state index contributed by atoms with van der Waals surface area (Å²) >= 11 is 0. The van der Waals surface area contributed by atoms with Gasteiger partial charge in [0.15, 0.2) is 0 Å². The van der Waals surface area contributed by atoms with Crippen molar-refractivity contribution < 1.29 is 5.11 Å². The monoisotopic (exact) mass is 224 g/mol. The van der Waals surface area contributed by atoms with Gasteiger partial charge in [-0.3, -0.25) is 9.13 Å². The number of aliphatic hydroxyl groups excluding tert-OH is 1. The van der Waals surface area contributed by atoms with Crippen LogP contribution in [0.5, 0.6) is 0 Å². The van der Waals surface area contributed by atoms with Crippen molar-refractivity contribution in [2.24, 2.45) is 0 Å². The van der Waals surface area contributed by atoms with E-state index in [0.29, 0.717) is 0 Å². The molecule has 0 amide bonds. The van der Waals surface area contributed by atoms with E-state index in [9.17, 15) is 9.90 Å². The maximum Gasteiger partial charge on any atom is 0.328 e. The molecule has 1 heterocycles. The van der Waals surface area contributed by atoms with Gasteiger partial charge >= 0.3 is 5.69 Å². The predicted molar refractivity (Wildman–Crippen MR) is 62.6 cm³/mol. The summed E-state index contributed by atoms with van der Waals surface area (Å²) in [5.41, 5.74) is 0.0800. The van der Waals surface area contributed by atoms with Gasteiger partial charge in [-0.25, -0.2) is 4.79 Å². The summed E-state index contributed by atoms with van der Waals surface area (Å²) in [7, 11) is 0. The van der Waals surface area contributed by atoms with Gasteiger partial charge in [-0.2, -0.15) is 0 Å². The van der Waals surface area contributed by atoms with Gasteiger partial charge in [0.05, 0.1) is 6.10 Å². The first-order valence-corrected chi connectivity index (χ1v) is 6.06. The van der Waals surface area contributed by atoms with Gasteiger partial charge in [0.1, 0.15) is 0 Å². The summed E-state index contributed by atoms with van der Waals surface area (Å²) in [4.78, 5) is 12.1. The molecule has 0 aromatic carbocycles. The molecule has 2 rings (SSSR count). The maximum absolute atomic E-state index is 12.1. The van der Waals surface area contributed by atoms with Gasteiger partial charge < -0.3 is 5.11 Å². The van der Waals surface area contributed by atoms with Crippen LogP contribution < -0.4 is 5.69 Å². The molecule has 1 saturated carbocycles. The van der Waals surface area contributed by atoms with Gasteiger partial charge in [0.2, 0.25) is 0 Å². The second kappa shape index (κ2) is 4.45. The molecule has 0 spiro atoms.